The topological polar surface area (TPSA) is 84.9 Å². The van der Waals surface area contributed by atoms with E-state index in [9.17, 15) is 14.7 Å². The summed E-state index contributed by atoms with van der Waals surface area (Å²) in [6.45, 7) is 3.27. The van der Waals surface area contributed by atoms with E-state index in [1.165, 1.54) is 21.0 Å². The van der Waals surface area contributed by atoms with Crippen molar-refractivity contribution >= 4 is 46.7 Å². The number of carboxylic acid groups (broad SMARTS) is 1. The van der Waals surface area contributed by atoms with E-state index in [4.69, 9.17) is 44.3 Å². The number of aliphatic carboxylic acids is 1. The van der Waals surface area contributed by atoms with Gasteiger partial charge in [-0.15, -0.1) is 0 Å². The minimum atomic E-state index is -1.34. The molecule has 0 bridgehead atoms. The van der Waals surface area contributed by atoms with Gasteiger partial charge < -0.3 is 19.9 Å². The molecule has 0 aliphatic carbocycles. The number of nitrogens with one attached hydrogen (secondary N) is 1. The lowest BCUT2D eigenvalue weighted by Crippen LogP contribution is -2.37. The largest absolute Gasteiger partial charge is 0.496 e. The Balaban J connectivity index is 1.69. The van der Waals surface area contributed by atoms with Crippen molar-refractivity contribution < 1.29 is 24.2 Å². The van der Waals surface area contributed by atoms with Crippen molar-refractivity contribution in [2.24, 2.45) is 0 Å². The van der Waals surface area contributed by atoms with E-state index in [1.807, 2.05) is 0 Å². The maximum Gasteiger partial charge on any atom is 0.347 e. The molecule has 1 amide bonds. The molecule has 0 spiro atoms. The van der Waals surface area contributed by atoms with E-state index < -0.39 is 11.6 Å². The fraction of sp³-hybridized carbons (Fsp3) is 0.231. The minimum absolute atomic E-state index is 0.304. The molecule has 3 aromatic rings. The van der Waals surface area contributed by atoms with Crippen LogP contribution in [-0.4, -0.2) is 36.2 Å². The molecule has 0 saturated carbocycles. The number of carboxylic acids is 1. The zero-order valence-corrected chi connectivity index (χ0v) is 21.6. The molecule has 0 heterocycles. The average molecular weight is 537 g/mol. The lowest BCUT2D eigenvalue weighted by atomic mass is 10.0. The van der Waals surface area contributed by atoms with Gasteiger partial charge in [-0.25, -0.2) is 4.79 Å². The Labute approximate surface area is 218 Å². The van der Waals surface area contributed by atoms with Crippen molar-refractivity contribution in [3.05, 3.63) is 80.8 Å². The van der Waals surface area contributed by atoms with E-state index in [1.54, 1.807) is 54.6 Å². The zero-order valence-electron chi connectivity index (χ0n) is 19.3. The normalized spacial score (nSPS) is 11.1. The first-order valence-corrected chi connectivity index (χ1v) is 11.8. The molecule has 0 aliphatic heterocycles. The highest BCUT2D eigenvalue weighted by atomic mass is 35.5. The summed E-state index contributed by atoms with van der Waals surface area (Å²) in [6.07, 6.45) is 0.420. The van der Waals surface area contributed by atoms with Crippen molar-refractivity contribution in [1.29, 1.82) is 0 Å². The van der Waals surface area contributed by atoms with Gasteiger partial charge in [0.2, 0.25) is 0 Å². The van der Waals surface area contributed by atoms with Crippen molar-refractivity contribution in [2.75, 3.05) is 13.7 Å². The number of halogens is 3. The summed E-state index contributed by atoms with van der Waals surface area (Å²) < 4.78 is 10.8. The number of rotatable bonds is 9. The molecule has 3 aromatic carbocycles. The zero-order chi connectivity index (χ0) is 25.8. The summed E-state index contributed by atoms with van der Waals surface area (Å²) in [6, 6.07) is 15.4. The molecule has 2 N–H and O–H groups in total. The number of benzene rings is 3. The van der Waals surface area contributed by atoms with Gasteiger partial charge >= 0.3 is 5.97 Å². The van der Waals surface area contributed by atoms with Crippen LogP contribution in [-0.2, 0) is 11.2 Å². The van der Waals surface area contributed by atoms with Crippen LogP contribution in [0.2, 0.25) is 15.1 Å². The fourth-order valence-electron chi connectivity index (χ4n) is 3.32. The average Bonchev–Trinajstić information content (AvgIpc) is 2.80. The van der Waals surface area contributed by atoms with Crippen LogP contribution >= 0.6 is 34.8 Å². The van der Waals surface area contributed by atoms with E-state index in [-0.39, 0.29) is 5.91 Å². The molecule has 35 heavy (non-hydrogen) atoms. The van der Waals surface area contributed by atoms with Crippen LogP contribution in [0.5, 0.6) is 11.5 Å². The Morgan fingerprint density at radius 1 is 0.943 bits per heavy atom. The quantitative estimate of drug-likeness (QED) is 0.324. The van der Waals surface area contributed by atoms with Crippen molar-refractivity contribution in [2.45, 2.75) is 25.9 Å². The molecule has 9 heteroatoms. The first-order valence-electron chi connectivity index (χ1n) is 10.6. The fourth-order valence-corrected chi connectivity index (χ4v) is 4.16. The maximum absolute atomic E-state index is 12.6. The van der Waals surface area contributed by atoms with Crippen LogP contribution in [0, 0.1) is 0 Å². The molecular weight excluding hydrogens is 513 g/mol. The Bertz CT molecular complexity index is 1220. The number of hydrogen-bond donors (Lipinski definition) is 2. The second kappa shape index (κ2) is 11.2. The van der Waals surface area contributed by atoms with Crippen LogP contribution in [0.3, 0.4) is 0 Å². The highest BCUT2D eigenvalue weighted by Crippen LogP contribution is 2.33. The van der Waals surface area contributed by atoms with Gasteiger partial charge in [-0.1, -0.05) is 46.9 Å². The molecule has 0 saturated heterocycles. The summed E-state index contributed by atoms with van der Waals surface area (Å²) in [5, 5.41) is 13.4. The third kappa shape index (κ3) is 6.60. The number of hydrogen-bond acceptors (Lipinski definition) is 4. The smallest absolute Gasteiger partial charge is 0.347 e. The van der Waals surface area contributed by atoms with E-state index in [0.29, 0.717) is 50.7 Å². The Hall–Kier alpha value is -2.93. The van der Waals surface area contributed by atoms with Crippen molar-refractivity contribution in [3.8, 4) is 22.6 Å². The van der Waals surface area contributed by atoms with Crippen LogP contribution in [0.1, 0.15) is 29.8 Å². The summed E-state index contributed by atoms with van der Waals surface area (Å²) in [7, 11) is 1.48. The summed E-state index contributed by atoms with van der Waals surface area (Å²) >= 11 is 19.0. The molecule has 3 rings (SSSR count). The molecule has 0 atom stereocenters. The van der Waals surface area contributed by atoms with E-state index in [0.717, 1.165) is 11.1 Å². The van der Waals surface area contributed by atoms with Gasteiger partial charge in [-0.2, -0.15) is 0 Å². The van der Waals surface area contributed by atoms with Crippen LogP contribution in [0.25, 0.3) is 11.1 Å². The predicted molar refractivity (Wildman–Crippen MR) is 138 cm³/mol. The van der Waals surface area contributed by atoms with Crippen LogP contribution < -0.4 is 14.8 Å². The third-order valence-corrected chi connectivity index (χ3v) is 6.19. The number of ether oxygens (including phenoxy) is 2. The summed E-state index contributed by atoms with van der Waals surface area (Å²) in [5.41, 5.74) is 1.33. The number of carbonyl (C=O) groups excluding carboxylic acids is 1. The van der Waals surface area contributed by atoms with Crippen molar-refractivity contribution in [1.82, 2.24) is 5.32 Å². The minimum Gasteiger partial charge on any atom is -0.496 e. The lowest BCUT2D eigenvalue weighted by Gasteiger charge is -2.21. The first kappa shape index (κ1) is 26.7. The molecule has 0 radical (unpaired) electrons. The van der Waals surface area contributed by atoms with Gasteiger partial charge in [0.25, 0.3) is 5.91 Å². The highest BCUT2D eigenvalue weighted by molar-refractivity contribution is 6.36. The van der Waals surface area contributed by atoms with Crippen LogP contribution in [0.15, 0.2) is 54.6 Å². The Morgan fingerprint density at radius 3 is 2.14 bits per heavy atom. The second-order valence-electron chi connectivity index (χ2n) is 8.21. The molecule has 184 valence electrons. The Morgan fingerprint density at radius 2 is 1.57 bits per heavy atom. The van der Waals surface area contributed by atoms with E-state index in [2.05, 4.69) is 5.32 Å². The monoisotopic (exact) mass is 535 g/mol. The third-order valence-electron chi connectivity index (χ3n) is 5.28. The summed E-state index contributed by atoms with van der Waals surface area (Å²) in [5.74, 6) is -0.516. The second-order valence-corrected chi connectivity index (χ2v) is 9.46. The van der Waals surface area contributed by atoms with Crippen molar-refractivity contribution in [3.63, 3.8) is 0 Å². The van der Waals surface area contributed by atoms with Gasteiger partial charge in [0.05, 0.1) is 12.7 Å². The van der Waals surface area contributed by atoms with Gasteiger partial charge in [-0.3, -0.25) is 4.79 Å². The van der Waals surface area contributed by atoms with E-state index >= 15 is 0 Å². The van der Waals surface area contributed by atoms with Gasteiger partial charge in [-0.05, 0) is 79.4 Å². The first-order chi connectivity index (χ1) is 16.5. The van der Waals surface area contributed by atoms with Crippen LogP contribution in [0.4, 0.5) is 0 Å². The molecule has 6 nitrogen and oxygen atoms in total. The highest BCUT2D eigenvalue weighted by Gasteiger charge is 2.29. The maximum atomic E-state index is 12.6. The molecule has 0 unspecified atom stereocenters. The number of methoxy groups -OCH3 is 1. The lowest BCUT2D eigenvalue weighted by molar-refractivity contribution is -0.152. The molecule has 0 fully saturated rings. The SMILES string of the molecule is COc1ccc(Cl)cc1C(=O)NCCc1c(Cl)cc(-c2ccc(OC(C)(C)C(=O)O)cc2)cc1Cl. The van der Waals surface area contributed by atoms with Gasteiger partial charge in [0.1, 0.15) is 11.5 Å². The van der Waals surface area contributed by atoms with Gasteiger partial charge in [0.15, 0.2) is 5.60 Å². The Kier molecular flexibility index (Phi) is 8.54. The predicted octanol–water partition coefficient (Wildman–Crippen LogP) is 6.54. The number of amides is 1. The number of carbonyl (C=O) groups is 2. The molecule has 0 aromatic heterocycles. The molecule has 0 aliphatic rings. The standard InChI is InChI=1S/C26H24Cl3NO5/c1-26(2,25(32)33)35-18-7-4-15(5-8-18)16-12-21(28)19(22(29)13-16)10-11-30-24(31)20-14-17(27)6-9-23(20)34-3/h4-9,12-14H,10-11H2,1-3H3,(H,30,31)(H,32,33). The summed E-state index contributed by atoms with van der Waals surface area (Å²) in [4.78, 5) is 23.8. The van der Waals surface area contributed by atoms with Gasteiger partial charge in [0, 0.05) is 21.6 Å². The molecular formula is C26H24Cl3NO5.